The van der Waals surface area contributed by atoms with E-state index in [-0.39, 0.29) is 11.6 Å². The monoisotopic (exact) mass is 259 g/mol. The molecule has 2 rings (SSSR count). The van der Waals surface area contributed by atoms with Gasteiger partial charge in [0.15, 0.2) is 0 Å². The van der Waals surface area contributed by atoms with Crippen LogP contribution in [-0.4, -0.2) is 20.6 Å². The van der Waals surface area contributed by atoms with Gasteiger partial charge < -0.3 is 15.0 Å². The number of nitrogens with zero attached hydrogens (tertiary/aromatic N) is 2. The predicted molar refractivity (Wildman–Crippen MR) is 73.3 cm³/mol. The summed E-state index contributed by atoms with van der Waals surface area (Å²) in [6.45, 7) is 4.94. The minimum Gasteiger partial charge on any atom is -0.478 e. The van der Waals surface area contributed by atoms with Gasteiger partial charge >= 0.3 is 5.97 Å². The van der Waals surface area contributed by atoms with Gasteiger partial charge in [-0.25, -0.2) is 9.78 Å². The number of aromatic carboxylic acids is 1. The average molecular weight is 259 g/mol. The number of rotatable bonds is 5. The van der Waals surface area contributed by atoms with Crippen LogP contribution in [0.25, 0.3) is 0 Å². The molecule has 1 unspecified atom stereocenters. The van der Waals surface area contributed by atoms with Gasteiger partial charge in [-0.15, -0.1) is 0 Å². The zero-order valence-electron chi connectivity index (χ0n) is 11.0. The Hall–Kier alpha value is -2.30. The first kappa shape index (κ1) is 13.1. The molecule has 5 heteroatoms. The molecule has 100 valence electrons. The van der Waals surface area contributed by atoms with Crippen molar-refractivity contribution in [1.82, 2.24) is 9.55 Å². The minimum absolute atomic E-state index is 0.0616. The van der Waals surface area contributed by atoms with E-state index >= 15 is 0 Å². The number of aromatic nitrogens is 2. The van der Waals surface area contributed by atoms with Crippen LogP contribution in [0.5, 0.6) is 0 Å². The summed E-state index contributed by atoms with van der Waals surface area (Å²) < 4.78 is 2.05. The third-order valence-corrected chi connectivity index (χ3v) is 3.02. The molecule has 1 aromatic carbocycles. The lowest BCUT2D eigenvalue weighted by Gasteiger charge is -2.17. The SMILES string of the molecule is CCn1cncc1C(C)Nc1cccc(C(=O)O)c1. The Kier molecular flexibility index (Phi) is 3.85. The third kappa shape index (κ3) is 2.93. The molecule has 1 heterocycles. The van der Waals surface area contributed by atoms with Gasteiger partial charge in [-0.2, -0.15) is 0 Å². The van der Waals surface area contributed by atoms with Crippen molar-refractivity contribution in [2.75, 3.05) is 5.32 Å². The summed E-state index contributed by atoms with van der Waals surface area (Å²) in [4.78, 5) is 15.1. The quantitative estimate of drug-likeness (QED) is 0.866. The van der Waals surface area contributed by atoms with E-state index in [2.05, 4.69) is 21.8 Å². The summed E-state index contributed by atoms with van der Waals surface area (Å²) in [7, 11) is 0. The number of anilines is 1. The van der Waals surface area contributed by atoms with Gasteiger partial charge in [-0.1, -0.05) is 6.07 Å². The summed E-state index contributed by atoms with van der Waals surface area (Å²) in [6, 6.07) is 6.86. The van der Waals surface area contributed by atoms with Gasteiger partial charge in [-0.05, 0) is 32.0 Å². The predicted octanol–water partition coefficient (Wildman–Crippen LogP) is 2.77. The van der Waals surface area contributed by atoms with E-state index in [1.807, 2.05) is 19.2 Å². The fraction of sp³-hybridized carbons (Fsp3) is 0.286. The molecule has 19 heavy (non-hydrogen) atoms. The summed E-state index contributed by atoms with van der Waals surface area (Å²) in [5.41, 5.74) is 2.14. The lowest BCUT2D eigenvalue weighted by Crippen LogP contribution is -2.12. The zero-order valence-corrected chi connectivity index (χ0v) is 11.0. The average Bonchev–Trinajstić information content (AvgIpc) is 2.87. The fourth-order valence-corrected chi connectivity index (χ4v) is 2.02. The molecule has 0 aliphatic carbocycles. The number of hydrogen-bond acceptors (Lipinski definition) is 3. The first-order valence-corrected chi connectivity index (χ1v) is 6.21. The van der Waals surface area contributed by atoms with Crippen molar-refractivity contribution in [3.05, 3.63) is 48.0 Å². The van der Waals surface area contributed by atoms with Crippen LogP contribution in [0.1, 0.15) is 35.9 Å². The van der Waals surface area contributed by atoms with Gasteiger partial charge in [0, 0.05) is 12.2 Å². The van der Waals surface area contributed by atoms with Crippen LogP contribution in [0.3, 0.4) is 0 Å². The molecule has 0 spiro atoms. The number of carbonyl (C=O) groups is 1. The van der Waals surface area contributed by atoms with Crippen molar-refractivity contribution in [1.29, 1.82) is 0 Å². The maximum absolute atomic E-state index is 10.9. The highest BCUT2D eigenvalue weighted by Crippen LogP contribution is 2.19. The van der Waals surface area contributed by atoms with Crippen LogP contribution in [-0.2, 0) is 6.54 Å². The summed E-state index contributed by atoms with van der Waals surface area (Å²) in [6.07, 6.45) is 3.61. The molecule has 0 aliphatic heterocycles. The molecular formula is C14H17N3O2. The van der Waals surface area contributed by atoms with Crippen molar-refractivity contribution in [2.24, 2.45) is 0 Å². The lowest BCUT2D eigenvalue weighted by atomic mass is 10.1. The topological polar surface area (TPSA) is 67.2 Å². The summed E-state index contributed by atoms with van der Waals surface area (Å²) in [5.74, 6) is -0.921. The Morgan fingerprint density at radius 3 is 3.00 bits per heavy atom. The second kappa shape index (κ2) is 5.56. The van der Waals surface area contributed by atoms with E-state index in [9.17, 15) is 4.79 Å². The normalized spacial score (nSPS) is 12.1. The van der Waals surface area contributed by atoms with Gasteiger partial charge in [-0.3, -0.25) is 0 Å². The molecule has 0 fully saturated rings. The van der Waals surface area contributed by atoms with Crippen molar-refractivity contribution >= 4 is 11.7 Å². The van der Waals surface area contributed by atoms with Crippen LogP contribution >= 0.6 is 0 Å². The van der Waals surface area contributed by atoms with Crippen LogP contribution in [0.4, 0.5) is 5.69 Å². The van der Waals surface area contributed by atoms with Crippen molar-refractivity contribution < 1.29 is 9.90 Å². The number of carboxylic acid groups (broad SMARTS) is 1. The van der Waals surface area contributed by atoms with Crippen molar-refractivity contribution in [3.8, 4) is 0 Å². The standard InChI is InChI=1S/C14H17N3O2/c1-3-17-9-15-8-13(17)10(2)16-12-6-4-5-11(7-12)14(18)19/h4-10,16H,3H2,1-2H3,(H,18,19). The molecule has 0 amide bonds. The Balaban J connectivity index is 2.17. The van der Waals surface area contributed by atoms with E-state index < -0.39 is 5.97 Å². The molecule has 0 aliphatic rings. The molecule has 0 saturated carbocycles. The minimum atomic E-state index is -0.921. The van der Waals surface area contributed by atoms with E-state index in [0.29, 0.717) is 0 Å². The molecule has 2 aromatic rings. The Bertz CT molecular complexity index is 578. The largest absolute Gasteiger partial charge is 0.478 e. The van der Waals surface area contributed by atoms with Gasteiger partial charge in [0.2, 0.25) is 0 Å². The van der Waals surface area contributed by atoms with E-state index in [4.69, 9.17) is 5.11 Å². The van der Waals surface area contributed by atoms with Crippen LogP contribution in [0, 0.1) is 0 Å². The molecule has 0 saturated heterocycles. The smallest absolute Gasteiger partial charge is 0.335 e. The second-order valence-electron chi connectivity index (χ2n) is 4.36. The highest BCUT2D eigenvalue weighted by atomic mass is 16.4. The molecular weight excluding hydrogens is 242 g/mol. The molecule has 0 bridgehead atoms. The lowest BCUT2D eigenvalue weighted by molar-refractivity contribution is 0.0697. The molecule has 0 radical (unpaired) electrons. The Morgan fingerprint density at radius 2 is 2.32 bits per heavy atom. The van der Waals surface area contributed by atoms with Crippen molar-refractivity contribution in [2.45, 2.75) is 26.4 Å². The first-order valence-electron chi connectivity index (χ1n) is 6.21. The number of nitrogens with one attached hydrogen (secondary N) is 1. The van der Waals surface area contributed by atoms with E-state index in [1.54, 1.807) is 24.5 Å². The van der Waals surface area contributed by atoms with Gasteiger partial charge in [0.1, 0.15) is 0 Å². The number of carboxylic acids is 1. The highest BCUT2D eigenvalue weighted by molar-refractivity contribution is 5.88. The van der Waals surface area contributed by atoms with Crippen LogP contribution < -0.4 is 5.32 Å². The maximum Gasteiger partial charge on any atom is 0.335 e. The first-order chi connectivity index (χ1) is 9.11. The second-order valence-corrected chi connectivity index (χ2v) is 4.36. The van der Waals surface area contributed by atoms with Crippen LogP contribution in [0.2, 0.25) is 0 Å². The Labute approximate surface area is 111 Å². The molecule has 5 nitrogen and oxygen atoms in total. The third-order valence-electron chi connectivity index (χ3n) is 3.02. The van der Waals surface area contributed by atoms with E-state index in [1.165, 1.54) is 0 Å². The van der Waals surface area contributed by atoms with Crippen molar-refractivity contribution in [3.63, 3.8) is 0 Å². The number of imidazole rings is 1. The molecule has 1 atom stereocenters. The number of aryl methyl sites for hydroxylation is 1. The summed E-state index contributed by atoms with van der Waals surface area (Å²) >= 11 is 0. The molecule has 2 N–H and O–H groups in total. The Morgan fingerprint density at radius 1 is 1.53 bits per heavy atom. The van der Waals surface area contributed by atoms with Gasteiger partial charge in [0.25, 0.3) is 0 Å². The highest BCUT2D eigenvalue weighted by Gasteiger charge is 2.11. The van der Waals surface area contributed by atoms with Crippen LogP contribution in [0.15, 0.2) is 36.8 Å². The van der Waals surface area contributed by atoms with E-state index in [0.717, 1.165) is 17.9 Å². The number of hydrogen-bond donors (Lipinski definition) is 2. The summed E-state index contributed by atoms with van der Waals surface area (Å²) in [5, 5.41) is 12.3. The number of benzene rings is 1. The zero-order chi connectivity index (χ0) is 13.8. The maximum atomic E-state index is 10.9. The molecule has 1 aromatic heterocycles. The van der Waals surface area contributed by atoms with Gasteiger partial charge in [0.05, 0.1) is 29.8 Å². The fourth-order valence-electron chi connectivity index (χ4n) is 2.02.